The molecule has 0 aliphatic heterocycles. The van der Waals surface area contributed by atoms with Crippen molar-refractivity contribution >= 4 is 38.9 Å². The van der Waals surface area contributed by atoms with Crippen LogP contribution in [0.15, 0.2) is 64.9 Å². The van der Waals surface area contributed by atoms with Crippen molar-refractivity contribution in [1.82, 2.24) is 4.72 Å². The summed E-state index contributed by atoms with van der Waals surface area (Å²) in [4.78, 5) is 25.8. The predicted molar refractivity (Wildman–Crippen MR) is 124 cm³/mol. The molecule has 3 rings (SSSR count). The Morgan fingerprint density at radius 2 is 1.84 bits per heavy atom. The van der Waals surface area contributed by atoms with Crippen molar-refractivity contribution < 1.29 is 22.7 Å². The number of sulfonamides is 1. The molecule has 0 spiro atoms. The predicted octanol–water partition coefficient (Wildman–Crippen LogP) is 4.03. The molecule has 2 N–H and O–H groups in total. The molecule has 1 aromatic heterocycles. The van der Waals surface area contributed by atoms with Crippen molar-refractivity contribution in [3.05, 3.63) is 81.5 Å². The molecule has 32 heavy (non-hydrogen) atoms. The summed E-state index contributed by atoms with van der Waals surface area (Å²) in [6.45, 7) is 5.39. The fourth-order valence-corrected chi connectivity index (χ4v) is 4.63. The Balaban J connectivity index is 1.65. The maximum absolute atomic E-state index is 12.6. The monoisotopic (exact) mass is 472 g/mol. The lowest BCUT2D eigenvalue weighted by Crippen LogP contribution is -2.30. The first-order valence-corrected chi connectivity index (χ1v) is 12.2. The summed E-state index contributed by atoms with van der Waals surface area (Å²) in [6.07, 6.45) is -1.07. The van der Waals surface area contributed by atoms with E-state index >= 15 is 0 Å². The molecule has 0 aliphatic carbocycles. The number of nitrogens with one attached hydrogen (secondary N) is 2. The zero-order valence-corrected chi connectivity index (χ0v) is 19.5. The van der Waals surface area contributed by atoms with Crippen molar-refractivity contribution in [2.75, 3.05) is 5.32 Å². The first kappa shape index (κ1) is 23.6. The minimum absolute atomic E-state index is 0.0374. The van der Waals surface area contributed by atoms with E-state index in [1.807, 2.05) is 49.6 Å². The highest BCUT2D eigenvalue weighted by molar-refractivity contribution is 7.89. The minimum atomic E-state index is -3.82. The van der Waals surface area contributed by atoms with E-state index in [9.17, 15) is 18.0 Å². The number of aryl methyl sites for hydroxylation is 2. The van der Waals surface area contributed by atoms with Crippen LogP contribution in [-0.2, 0) is 26.1 Å². The number of hydrogen-bond donors (Lipinski definition) is 2. The summed E-state index contributed by atoms with van der Waals surface area (Å²) in [6, 6.07) is 14.8. The molecular weight excluding hydrogens is 448 g/mol. The van der Waals surface area contributed by atoms with Crippen LogP contribution in [0.2, 0.25) is 0 Å². The number of benzene rings is 2. The van der Waals surface area contributed by atoms with E-state index in [-0.39, 0.29) is 17.0 Å². The van der Waals surface area contributed by atoms with Gasteiger partial charge in [-0.1, -0.05) is 24.3 Å². The molecule has 168 valence electrons. The number of esters is 1. The Morgan fingerprint density at radius 3 is 2.56 bits per heavy atom. The van der Waals surface area contributed by atoms with E-state index in [1.165, 1.54) is 42.5 Å². The quantitative estimate of drug-likeness (QED) is 0.482. The van der Waals surface area contributed by atoms with Gasteiger partial charge in [0.2, 0.25) is 10.0 Å². The zero-order chi connectivity index (χ0) is 23.3. The number of carbonyl (C=O) groups is 2. The van der Waals surface area contributed by atoms with Crippen molar-refractivity contribution in [3.63, 3.8) is 0 Å². The highest BCUT2D eigenvalue weighted by Gasteiger charge is 2.22. The molecule has 1 atom stereocenters. The number of hydrogen-bond acceptors (Lipinski definition) is 6. The van der Waals surface area contributed by atoms with Crippen LogP contribution in [0.1, 0.15) is 33.3 Å². The summed E-state index contributed by atoms with van der Waals surface area (Å²) < 4.78 is 32.9. The fraction of sp³-hybridized carbons (Fsp3) is 0.217. The van der Waals surface area contributed by atoms with Gasteiger partial charge in [0.1, 0.15) is 0 Å². The molecule has 1 unspecified atom stereocenters. The number of anilines is 1. The highest BCUT2D eigenvalue weighted by Crippen LogP contribution is 2.18. The van der Waals surface area contributed by atoms with Gasteiger partial charge in [-0.3, -0.25) is 4.79 Å². The van der Waals surface area contributed by atoms with Crippen LogP contribution >= 0.6 is 11.3 Å². The third-order valence-corrected chi connectivity index (χ3v) is 6.98. The lowest BCUT2D eigenvalue weighted by molar-refractivity contribution is -0.123. The third-order valence-electron chi connectivity index (χ3n) is 4.70. The lowest BCUT2D eigenvalue weighted by atomic mass is 10.1. The number of carbonyl (C=O) groups excluding carboxylic acids is 2. The SMILES string of the molecule is Cc1ccc(C)c(NC(=O)C(C)OC(=O)c2cccc(S(=O)(=O)NCc3cccs3)c2)c1. The maximum atomic E-state index is 12.6. The van der Waals surface area contributed by atoms with E-state index in [4.69, 9.17) is 4.74 Å². The molecule has 1 heterocycles. The summed E-state index contributed by atoms with van der Waals surface area (Å²) in [7, 11) is -3.82. The van der Waals surface area contributed by atoms with Crippen LogP contribution in [0.3, 0.4) is 0 Å². The van der Waals surface area contributed by atoms with Gasteiger partial charge in [-0.25, -0.2) is 17.9 Å². The van der Waals surface area contributed by atoms with Crippen LogP contribution in [-0.4, -0.2) is 26.4 Å². The van der Waals surface area contributed by atoms with E-state index < -0.39 is 28.0 Å². The van der Waals surface area contributed by atoms with Crippen LogP contribution in [0, 0.1) is 13.8 Å². The van der Waals surface area contributed by atoms with Gasteiger partial charge < -0.3 is 10.1 Å². The van der Waals surface area contributed by atoms with Gasteiger partial charge in [0.25, 0.3) is 5.91 Å². The molecule has 3 aromatic rings. The van der Waals surface area contributed by atoms with Gasteiger partial charge in [0, 0.05) is 17.1 Å². The Bertz CT molecular complexity index is 1220. The van der Waals surface area contributed by atoms with Crippen LogP contribution < -0.4 is 10.0 Å². The van der Waals surface area contributed by atoms with Crippen molar-refractivity contribution in [1.29, 1.82) is 0 Å². The van der Waals surface area contributed by atoms with Gasteiger partial charge in [0.05, 0.1) is 10.5 Å². The molecule has 0 bridgehead atoms. The van der Waals surface area contributed by atoms with Gasteiger partial charge in [-0.2, -0.15) is 0 Å². The van der Waals surface area contributed by atoms with Crippen LogP contribution in [0.25, 0.3) is 0 Å². The summed E-state index contributed by atoms with van der Waals surface area (Å²) in [5.41, 5.74) is 2.55. The van der Waals surface area contributed by atoms with Crippen molar-refractivity contribution in [3.8, 4) is 0 Å². The molecule has 2 aromatic carbocycles. The number of rotatable bonds is 8. The second kappa shape index (κ2) is 10.1. The molecule has 0 fully saturated rings. The van der Waals surface area contributed by atoms with E-state index in [0.717, 1.165) is 16.0 Å². The van der Waals surface area contributed by atoms with E-state index in [2.05, 4.69) is 10.0 Å². The highest BCUT2D eigenvalue weighted by atomic mass is 32.2. The largest absolute Gasteiger partial charge is 0.449 e. The van der Waals surface area contributed by atoms with Gasteiger partial charge in [-0.05, 0) is 67.6 Å². The fourth-order valence-electron chi connectivity index (χ4n) is 2.84. The zero-order valence-electron chi connectivity index (χ0n) is 17.9. The van der Waals surface area contributed by atoms with Gasteiger partial charge in [-0.15, -0.1) is 11.3 Å². The number of thiophene rings is 1. The molecule has 0 aliphatic rings. The number of ether oxygens (including phenoxy) is 1. The van der Waals surface area contributed by atoms with E-state index in [1.54, 1.807) is 0 Å². The molecule has 0 saturated heterocycles. The average Bonchev–Trinajstić information content (AvgIpc) is 3.29. The average molecular weight is 473 g/mol. The van der Waals surface area contributed by atoms with Gasteiger partial charge in [0.15, 0.2) is 6.10 Å². The molecule has 1 amide bonds. The van der Waals surface area contributed by atoms with Crippen molar-refractivity contribution in [2.24, 2.45) is 0 Å². The van der Waals surface area contributed by atoms with E-state index in [0.29, 0.717) is 5.69 Å². The Hall–Kier alpha value is -3.01. The molecule has 0 radical (unpaired) electrons. The summed E-state index contributed by atoms with van der Waals surface area (Å²) in [5.74, 6) is -1.27. The maximum Gasteiger partial charge on any atom is 0.338 e. The summed E-state index contributed by atoms with van der Waals surface area (Å²) >= 11 is 1.44. The minimum Gasteiger partial charge on any atom is -0.449 e. The van der Waals surface area contributed by atoms with Crippen LogP contribution in [0.5, 0.6) is 0 Å². The Kier molecular flexibility index (Phi) is 7.44. The number of amides is 1. The Morgan fingerprint density at radius 1 is 1.06 bits per heavy atom. The van der Waals surface area contributed by atoms with Crippen LogP contribution in [0.4, 0.5) is 5.69 Å². The lowest BCUT2D eigenvalue weighted by Gasteiger charge is -2.15. The summed E-state index contributed by atoms with van der Waals surface area (Å²) in [5, 5.41) is 4.61. The second-order valence-corrected chi connectivity index (χ2v) is 10.1. The molecular formula is C23H24N2O5S2. The first-order valence-electron chi connectivity index (χ1n) is 9.87. The topological polar surface area (TPSA) is 102 Å². The van der Waals surface area contributed by atoms with Crippen molar-refractivity contribution in [2.45, 2.75) is 38.3 Å². The standard InChI is InChI=1S/C23H24N2O5S2/c1-15-9-10-16(2)21(12-15)25-22(26)17(3)30-23(27)18-6-4-8-20(13-18)32(28,29)24-14-19-7-5-11-31-19/h4-13,17,24H,14H2,1-3H3,(H,25,26). The smallest absolute Gasteiger partial charge is 0.338 e. The Labute approximate surface area is 191 Å². The normalized spacial score (nSPS) is 12.2. The molecule has 9 heteroatoms. The molecule has 0 saturated carbocycles. The first-order chi connectivity index (χ1) is 15.2. The molecule has 7 nitrogen and oxygen atoms in total. The third kappa shape index (κ3) is 6.03. The second-order valence-electron chi connectivity index (χ2n) is 7.29. The van der Waals surface area contributed by atoms with Gasteiger partial charge >= 0.3 is 5.97 Å².